The van der Waals surface area contributed by atoms with Crippen LogP contribution in [0.4, 0.5) is 0 Å². The third-order valence-electron chi connectivity index (χ3n) is 8.53. The SMILES string of the molecule is O=C1C2CC3CC1CC(C(=O)OC1C4CC5(C(=O)OCCS(=O)(=O)[O-])C(=O)OC1C5O4)(C3)C2. The van der Waals surface area contributed by atoms with Crippen molar-refractivity contribution in [1.29, 1.82) is 0 Å². The molecule has 4 saturated carbocycles. The fourth-order valence-electron chi connectivity index (χ4n) is 7.32. The van der Waals surface area contributed by atoms with Crippen LogP contribution in [-0.4, -0.2) is 73.4 Å². The summed E-state index contributed by atoms with van der Waals surface area (Å²) in [6.45, 7) is -0.676. The first-order valence-corrected chi connectivity index (χ1v) is 12.8. The lowest BCUT2D eigenvalue weighted by Crippen LogP contribution is -2.56. The highest BCUT2D eigenvalue weighted by atomic mass is 32.2. The van der Waals surface area contributed by atoms with Gasteiger partial charge >= 0.3 is 17.9 Å². The van der Waals surface area contributed by atoms with Crippen molar-refractivity contribution in [2.45, 2.75) is 62.9 Å². The lowest BCUT2D eigenvalue weighted by Gasteiger charge is -2.54. The predicted octanol–water partition coefficient (Wildman–Crippen LogP) is -0.535. The van der Waals surface area contributed by atoms with Gasteiger partial charge in [-0.1, -0.05) is 0 Å². The first-order chi connectivity index (χ1) is 15.5. The Morgan fingerprint density at radius 2 is 1.76 bits per heavy atom. The zero-order chi connectivity index (χ0) is 23.3. The van der Waals surface area contributed by atoms with Gasteiger partial charge in [0.2, 0.25) is 0 Å². The molecule has 0 aromatic carbocycles. The van der Waals surface area contributed by atoms with Gasteiger partial charge in [-0.3, -0.25) is 19.2 Å². The van der Waals surface area contributed by atoms with Crippen molar-refractivity contribution in [2.75, 3.05) is 12.4 Å². The van der Waals surface area contributed by atoms with E-state index in [1.54, 1.807) is 0 Å². The molecule has 7 fully saturated rings. The molecular formula is C21H23O11S-. The van der Waals surface area contributed by atoms with Gasteiger partial charge in [-0.25, -0.2) is 8.42 Å². The van der Waals surface area contributed by atoms with Gasteiger partial charge in [-0.05, 0) is 38.0 Å². The molecule has 7 unspecified atom stereocenters. The Morgan fingerprint density at radius 3 is 2.42 bits per heavy atom. The van der Waals surface area contributed by atoms with Gasteiger partial charge in [0.05, 0.1) is 21.3 Å². The highest BCUT2D eigenvalue weighted by Crippen LogP contribution is 2.60. The summed E-state index contributed by atoms with van der Waals surface area (Å²) in [5.74, 6) is -2.76. The number of carbonyl (C=O) groups excluding carboxylic acids is 4. The van der Waals surface area contributed by atoms with E-state index in [0.717, 1.165) is 12.8 Å². The predicted molar refractivity (Wildman–Crippen MR) is 102 cm³/mol. The molecule has 11 nitrogen and oxygen atoms in total. The van der Waals surface area contributed by atoms with Crippen molar-refractivity contribution in [3.05, 3.63) is 0 Å². The normalized spacial score (nSPS) is 46.5. The average molecular weight is 483 g/mol. The molecule has 7 aliphatic rings. The topological polar surface area (TPSA) is 162 Å². The zero-order valence-electron chi connectivity index (χ0n) is 17.6. The molecular weight excluding hydrogens is 460 g/mol. The summed E-state index contributed by atoms with van der Waals surface area (Å²) in [5.41, 5.74) is -2.45. The van der Waals surface area contributed by atoms with Crippen molar-refractivity contribution in [2.24, 2.45) is 28.6 Å². The summed E-state index contributed by atoms with van der Waals surface area (Å²) in [7, 11) is -4.58. The van der Waals surface area contributed by atoms with Gasteiger partial charge in [0.1, 0.15) is 24.6 Å². The van der Waals surface area contributed by atoms with Gasteiger partial charge in [-0.15, -0.1) is 0 Å². The minimum atomic E-state index is -4.58. The monoisotopic (exact) mass is 483 g/mol. The molecule has 3 saturated heterocycles. The van der Waals surface area contributed by atoms with Crippen LogP contribution in [0.2, 0.25) is 0 Å². The van der Waals surface area contributed by atoms with Gasteiger partial charge in [0.15, 0.2) is 17.6 Å². The van der Waals surface area contributed by atoms with E-state index in [1.807, 2.05) is 0 Å². The number of ketones is 1. The van der Waals surface area contributed by atoms with Crippen LogP contribution in [0, 0.1) is 28.6 Å². The third-order valence-corrected chi connectivity index (χ3v) is 9.19. The summed E-state index contributed by atoms with van der Waals surface area (Å²) in [6.07, 6.45) is -0.369. The minimum Gasteiger partial charge on any atom is -0.748 e. The second-order valence-corrected chi connectivity index (χ2v) is 12.0. The Labute approximate surface area is 189 Å². The van der Waals surface area contributed by atoms with Crippen LogP contribution in [-0.2, 0) is 48.2 Å². The van der Waals surface area contributed by atoms with Gasteiger partial charge in [-0.2, -0.15) is 0 Å². The summed E-state index contributed by atoms with van der Waals surface area (Å²) >= 11 is 0. The van der Waals surface area contributed by atoms with Crippen LogP contribution in [0.5, 0.6) is 0 Å². The smallest absolute Gasteiger partial charge is 0.326 e. The molecule has 12 heteroatoms. The van der Waals surface area contributed by atoms with Crippen LogP contribution in [0.3, 0.4) is 0 Å². The number of ether oxygens (including phenoxy) is 4. The van der Waals surface area contributed by atoms with E-state index in [4.69, 9.17) is 18.9 Å². The summed E-state index contributed by atoms with van der Waals surface area (Å²) in [5, 5.41) is 0. The molecule has 0 aromatic rings. The molecule has 6 bridgehead atoms. The first-order valence-electron chi connectivity index (χ1n) is 11.2. The molecule has 7 atom stereocenters. The lowest BCUT2D eigenvalue weighted by molar-refractivity contribution is -0.185. The maximum atomic E-state index is 13.3. The first kappa shape index (κ1) is 21.5. The standard InChI is InChI=1S/C21H24O11S/c22-13-10-3-9-4-11(13)7-20(5-9,6-10)17(23)31-14-12-8-21(16(30-12)15(14)32-19(21)25)18(24)29-1-2-33(26,27)28/h9-12,14-16H,1-8H2,(H,26,27,28)/p-1. The van der Waals surface area contributed by atoms with Crippen molar-refractivity contribution in [3.63, 3.8) is 0 Å². The molecule has 33 heavy (non-hydrogen) atoms. The van der Waals surface area contributed by atoms with E-state index in [-0.39, 0.29) is 24.0 Å². The summed E-state index contributed by atoms with van der Waals surface area (Å²) in [6, 6.07) is 0. The summed E-state index contributed by atoms with van der Waals surface area (Å²) in [4.78, 5) is 51.1. The second-order valence-electron chi connectivity index (χ2n) is 10.4. The van der Waals surface area contributed by atoms with Crippen molar-refractivity contribution in [1.82, 2.24) is 0 Å². The Kier molecular flexibility index (Phi) is 4.40. The Hall–Kier alpha value is -2.05. The van der Waals surface area contributed by atoms with Crippen LogP contribution >= 0.6 is 0 Å². The molecule has 0 amide bonds. The Bertz CT molecular complexity index is 1050. The highest BCUT2D eigenvalue weighted by molar-refractivity contribution is 7.85. The van der Waals surface area contributed by atoms with E-state index in [9.17, 15) is 32.1 Å². The fourth-order valence-corrected chi connectivity index (χ4v) is 7.60. The van der Waals surface area contributed by atoms with Gasteiger partial charge < -0.3 is 23.5 Å². The number of carbonyl (C=O) groups is 4. The van der Waals surface area contributed by atoms with E-state index >= 15 is 0 Å². The van der Waals surface area contributed by atoms with Crippen LogP contribution in [0.1, 0.15) is 38.5 Å². The quantitative estimate of drug-likeness (QED) is 0.206. The fraction of sp³-hybridized carbons (Fsp3) is 0.810. The number of Topliss-reactive ketones (excluding diaryl/α,β-unsaturated/α-hetero) is 1. The Morgan fingerprint density at radius 1 is 1.06 bits per heavy atom. The van der Waals surface area contributed by atoms with E-state index in [0.29, 0.717) is 25.2 Å². The van der Waals surface area contributed by atoms with Gasteiger partial charge in [0, 0.05) is 18.3 Å². The summed E-state index contributed by atoms with van der Waals surface area (Å²) < 4.78 is 54.2. The number of esters is 3. The molecule has 180 valence electrons. The molecule has 3 heterocycles. The minimum absolute atomic E-state index is 0.0928. The van der Waals surface area contributed by atoms with Crippen molar-refractivity contribution < 1.29 is 51.1 Å². The number of rotatable bonds is 6. The number of hydrogen-bond donors (Lipinski definition) is 0. The zero-order valence-corrected chi connectivity index (χ0v) is 18.4. The molecule has 3 aliphatic heterocycles. The molecule has 0 N–H and O–H groups in total. The lowest BCUT2D eigenvalue weighted by atomic mass is 9.49. The van der Waals surface area contributed by atoms with Gasteiger partial charge in [0.25, 0.3) is 0 Å². The van der Waals surface area contributed by atoms with Crippen molar-refractivity contribution >= 4 is 33.8 Å². The second kappa shape index (κ2) is 6.76. The van der Waals surface area contributed by atoms with Crippen LogP contribution < -0.4 is 0 Å². The largest absolute Gasteiger partial charge is 0.748 e. The molecule has 7 rings (SSSR count). The maximum absolute atomic E-state index is 13.3. The number of hydrogen-bond acceptors (Lipinski definition) is 11. The maximum Gasteiger partial charge on any atom is 0.326 e. The average Bonchev–Trinajstić information content (AvgIpc) is 3.33. The Balaban J connectivity index is 1.16. The third kappa shape index (κ3) is 2.96. The van der Waals surface area contributed by atoms with Crippen LogP contribution in [0.15, 0.2) is 0 Å². The van der Waals surface area contributed by atoms with E-state index in [1.165, 1.54) is 0 Å². The van der Waals surface area contributed by atoms with E-state index < -0.39 is 75.6 Å². The molecule has 0 aromatic heterocycles. The molecule has 0 radical (unpaired) electrons. The van der Waals surface area contributed by atoms with E-state index in [2.05, 4.69) is 0 Å². The number of fused-ring (bicyclic) bond motifs is 1. The van der Waals surface area contributed by atoms with Crippen LogP contribution in [0.25, 0.3) is 0 Å². The molecule has 4 aliphatic carbocycles. The highest BCUT2D eigenvalue weighted by Gasteiger charge is 2.77. The molecule has 0 spiro atoms. The van der Waals surface area contributed by atoms with Crippen molar-refractivity contribution in [3.8, 4) is 0 Å².